The molecule has 0 radical (unpaired) electrons. The van der Waals surface area contributed by atoms with Gasteiger partial charge in [-0.2, -0.15) is 0 Å². The van der Waals surface area contributed by atoms with E-state index in [-0.39, 0.29) is 45.2 Å². The lowest BCUT2D eigenvalue weighted by atomic mass is 10.1. The summed E-state index contributed by atoms with van der Waals surface area (Å²) >= 11 is 0. The van der Waals surface area contributed by atoms with Gasteiger partial charge in [0.05, 0.1) is 52.1 Å². The van der Waals surface area contributed by atoms with Gasteiger partial charge in [-0.3, -0.25) is 14.5 Å². The number of hydrogen-bond acceptors (Lipinski definition) is 10. The zero-order valence-corrected chi connectivity index (χ0v) is 25.1. The van der Waals surface area contributed by atoms with Crippen LogP contribution in [0.2, 0.25) is 0 Å². The first-order chi connectivity index (χ1) is 20.0. The van der Waals surface area contributed by atoms with E-state index in [1.54, 1.807) is 25.7 Å². The Bertz CT molecular complexity index is 970. The Balaban J connectivity index is 1.50. The molecule has 1 atom stereocenters. The number of piperazine rings is 1. The van der Waals surface area contributed by atoms with Crippen molar-refractivity contribution in [2.75, 3.05) is 72.4 Å². The molecule has 42 heavy (non-hydrogen) atoms. The number of esters is 1. The monoisotopic (exact) mass is 595 g/mol. The van der Waals surface area contributed by atoms with E-state index in [1.807, 2.05) is 30.3 Å². The molecule has 1 N–H and O–H groups in total. The Hall–Kier alpha value is -3.42. The minimum atomic E-state index is -0.665. The number of carbonyl (C=O) groups excluding carboxylic acids is 4. The lowest BCUT2D eigenvalue weighted by molar-refractivity contribution is -0.144. The molecule has 1 saturated heterocycles. The van der Waals surface area contributed by atoms with Gasteiger partial charge in [0, 0.05) is 33.1 Å². The zero-order chi connectivity index (χ0) is 30.8. The van der Waals surface area contributed by atoms with Crippen LogP contribution in [0.25, 0.3) is 0 Å². The molecule has 2 rings (SSSR count). The Kier molecular flexibility index (Phi) is 15.7. The Morgan fingerprint density at radius 1 is 0.881 bits per heavy atom. The van der Waals surface area contributed by atoms with Gasteiger partial charge in [0.2, 0.25) is 5.91 Å². The van der Waals surface area contributed by atoms with E-state index in [1.165, 1.54) is 11.8 Å². The first kappa shape index (κ1) is 34.8. The first-order valence-corrected chi connectivity index (χ1v) is 14.1. The highest BCUT2D eigenvalue weighted by molar-refractivity contribution is 5.77. The lowest BCUT2D eigenvalue weighted by Gasteiger charge is -2.41. The Morgan fingerprint density at radius 3 is 2.17 bits per heavy atom. The number of benzene rings is 1. The fraction of sp³-hybridized carbons (Fsp3) is 0.655. The summed E-state index contributed by atoms with van der Waals surface area (Å²) in [5, 5.41) is 2.62. The van der Waals surface area contributed by atoms with Crippen LogP contribution in [0.5, 0.6) is 0 Å². The Labute approximate surface area is 247 Å². The molecule has 1 aliphatic rings. The van der Waals surface area contributed by atoms with Gasteiger partial charge < -0.3 is 38.6 Å². The third kappa shape index (κ3) is 15.0. The molecule has 1 unspecified atom stereocenters. The smallest absolute Gasteiger partial charge is 0.410 e. The van der Waals surface area contributed by atoms with Crippen molar-refractivity contribution in [1.29, 1.82) is 0 Å². The third-order valence-electron chi connectivity index (χ3n) is 5.88. The molecular weight excluding hydrogens is 550 g/mol. The van der Waals surface area contributed by atoms with E-state index in [0.717, 1.165) is 5.56 Å². The molecule has 0 spiro atoms. The van der Waals surface area contributed by atoms with E-state index in [2.05, 4.69) is 5.32 Å². The van der Waals surface area contributed by atoms with E-state index >= 15 is 0 Å². The fourth-order valence-corrected chi connectivity index (χ4v) is 3.86. The van der Waals surface area contributed by atoms with E-state index in [9.17, 15) is 19.2 Å². The highest BCUT2D eigenvalue weighted by atomic mass is 16.6. The number of alkyl carbamates (subject to hydrolysis) is 1. The molecule has 0 saturated carbocycles. The van der Waals surface area contributed by atoms with Gasteiger partial charge in [-0.05, 0) is 26.3 Å². The molecular formula is C29H45N3O10. The maximum atomic E-state index is 12.7. The Morgan fingerprint density at radius 2 is 1.52 bits per heavy atom. The van der Waals surface area contributed by atoms with Crippen molar-refractivity contribution >= 4 is 24.1 Å². The van der Waals surface area contributed by atoms with Crippen molar-refractivity contribution < 1.29 is 47.6 Å². The maximum absolute atomic E-state index is 12.7. The van der Waals surface area contributed by atoms with Crippen LogP contribution < -0.4 is 5.32 Å². The molecule has 236 valence electrons. The predicted octanol–water partition coefficient (Wildman–Crippen LogP) is 2.36. The number of carbonyl (C=O) groups is 4. The van der Waals surface area contributed by atoms with Gasteiger partial charge in [0.1, 0.15) is 18.8 Å². The average molecular weight is 596 g/mol. The average Bonchev–Trinajstić information content (AvgIpc) is 2.94. The van der Waals surface area contributed by atoms with Gasteiger partial charge in [0.25, 0.3) is 0 Å². The van der Waals surface area contributed by atoms with Gasteiger partial charge in [-0.15, -0.1) is 0 Å². The second-order valence-electron chi connectivity index (χ2n) is 10.5. The highest BCUT2D eigenvalue weighted by Gasteiger charge is 2.35. The van der Waals surface area contributed by atoms with Crippen molar-refractivity contribution in [3.63, 3.8) is 0 Å². The van der Waals surface area contributed by atoms with E-state index in [0.29, 0.717) is 46.1 Å². The summed E-state index contributed by atoms with van der Waals surface area (Å²) < 4.78 is 32.1. The number of ether oxygens (including phenoxy) is 6. The molecule has 1 fully saturated rings. The molecule has 0 aliphatic carbocycles. The van der Waals surface area contributed by atoms with Crippen LogP contribution in [-0.4, -0.2) is 118 Å². The topological polar surface area (TPSA) is 142 Å². The molecule has 1 aromatic rings. The first-order valence-electron chi connectivity index (χ1n) is 14.1. The molecule has 0 bridgehead atoms. The summed E-state index contributed by atoms with van der Waals surface area (Å²) in [4.78, 5) is 51.5. The van der Waals surface area contributed by atoms with Gasteiger partial charge in [-0.1, -0.05) is 30.3 Å². The SMILES string of the molecule is CC(=O)OCC1CN(C(=O)CCOCCOCCOCCNC(=O)OCc2ccccc2)CCN1C(=O)OC(C)(C)C. The van der Waals surface area contributed by atoms with Crippen LogP contribution in [0.4, 0.5) is 9.59 Å². The van der Waals surface area contributed by atoms with Crippen molar-refractivity contribution in [3.8, 4) is 0 Å². The molecule has 0 aromatic heterocycles. The quantitative estimate of drug-likeness (QED) is 0.172. The molecule has 1 aromatic carbocycles. The third-order valence-corrected chi connectivity index (χ3v) is 5.88. The molecule has 13 heteroatoms. The summed E-state index contributed by atoms with van der Waals surface area (Å²) in [6.07, 6.45) is -0.827. The van der Waals surface area contributed by atoms with Crippen LogP contribution in [0.3, 0.4) is 0 Å². The minimum absolute atomic E-state index is 0.0201. The van der Waals surface area contributed by atoms with Crippen LogP contribution >= 0.6 is 0 Å². The van der Waals surface area contributed by atoms with E-state index < -0.39 is 29.8 Å². The number of hydrogen-bond donors (Lipinski definition) is 1. The zero-order valence-electron chi connectivity index (χ0n) is 25.1. The molecule has 1 aliphatic heterocycles. The summed E-state index contributed by atoms with van der Waals surface area (Å²) in [6.45, 7) is 9.96. The predicted molar refractivity (Wildman–Crippen MR) is 152 cm³/mol. The minimum Gasteiger partial charge on any atom is -0.464 e. The van der Waals surface area contributed by atoms with Crippen LogP contribution in [0.1, 0.15) is 39.7 Å². The van der Waals surface area contributed by atoms with Gasteiger partial charge >= 0.3 is 18.2 Å². The van der Waals surface area contributed by atoms with Crippen molar-refractivity contribution in [2.24, 2.45) is 0 Å². The van der Waals surface area contributed by atoms with Crippen molar-refractivity contribution in [3.05, 3.63) is 35.9 Å². The van der Waals surface area contributed by atoms with E-state index in [4.69, 9.17) is 28.4 Å². The number of amides is 3. The van der Waals surface area contributed by atoms with Crippen LogP contribution in [0.15, 0.2) is 30.3 Å². The van der Waals surface area contributed by atoms with Crippen molar-refractivity contribution in [2.45, 2.75) is 52.4 Å². The fourth-order valence-electron chi connectivity index (χ4n) is 3.86. The lowest BCUT2D eigenvalue weighted by Crippen LogP contribution is -2.59. The molecule has 1 heterocycles. The second-order valence-corrected chi connectivity index (χ2v) is 10.5. The largest absolute Gasteiger partial charge is 0.464 e. The molecule has 13 nitrogen and oxygen atoms in total. The highest BCUT2D eigenvalue weighted by Crippen LogP contribution is 2.17. The molecule has 3 amide bonds. The van der Waals surface area contributed by atoms with Crippen LogP contribution in [-0.2, 0) is 44.6 Å². The summed E-state index contributed by atoms with van der Waals surface area (Å²) in [5.74, 6) is -0.572. The number of nitrogens with zero attached hydrogens (tertiary/aromatic N) is 2. The van der Waals surface area contributed by atoms with Crippen molar-refractivity contribution in [1.82, 2.24) is 15.1 Å². The second kappa shape index (κ2) is 18.9. The normalized spacial score (nSPS) is 15.2. The van der Waals surface area contributed by atoms with Gasteiger partial charge in [-0.25, -0.2) is 9.59 Å². The number of rotatable bonds is 16. The standard InChI is InChI=1S/C29H45N3O10/c1-23(33)40-22-25-20-31(12-13-32(25)28(36)42-29(2,3)4)26(34)10-14-37-16-18-39-19-17-38-15-11-30-27(35)41-21-24-8-6-5-7-9-24/h5-9,25H,10-22H2,1-4H3,(H,30,35). The van der Waals surface area contributed by atoms with Gasteiger partial charge in [0.15, 0.2) is 0 Å². The number of nitrogens with one attached hydrogen (secondary N) is 1. The summed E-state index contributed by atoms with van der Waals surface area (Å²) in [7, 11) is 0. The summed E-state index contributed by atoms with van der Waals surface area (Å²) in [6, 6.07) is 8.92. The summed E-state index contributed by atoms with van der Waals surface area (Å²) in [5.41, 5.74) is 0.250. The van der Waals surface area contributed by atoms with Crippen LogP contribution in [0, 0.1) is 0 Å². The maximum Gasteiger partial charge on any atom is 0.410 e.